The zero-order chi connectivity index (χ0) is 17.2. The van der Waals surface area contributed by atoms with Gasteiger partial charge < -0.3 is 14.3 Å². The Hall–Kier alpha value is -2.55. The summed E-state index contributed by atoms with van der Waals surface area (Å²) < 4.78 is 11.3. The van der Waals surface area contributed by atoms with Crippen molar-refractivity contribution in [3.8, 4) is 11.5 Å². The van der Waals surface area contributed by atoms with Crippen molar-refractivity contribution in [1.82, 2.24) is 0 Å². The fourth-order valence-corrected chi connectivity index (χ4v) is 2.42. The van der Waals surface area contributed by atoms with Crippen molar-refractivity contribution in [3.63, 3.8) is 0 Å². The molecule has 0 aliphatic heterocycles. The van der Waals surface area contributed by atoms with Crippen LogP contribution < -0.4 is 9.47 Å². The van der Waals surface area contributed by atoms with E-state index < -0.39 is 0 Å². The monoisotopic (exact) mass is 324 g/mol. The minimum atomic E-state index is 0.542. The molecule has 0 N–H and O–H groups in total. The molecule has 0 amide bonds. The SMILES string of the molecule is COc1ccc(OCc2ccccc2)cc1C/C=C(\C)CCC=O. The van der Waals surface area contributed by atoms with E-state index in [9.17, 15) is 4.79 Å². The normalized spacial score (nSPS) is 11.2. The lowest BCUT2D eigenvalue weighted by Gasteiger charge is -2.11. The summed E-state index contributed by atoms with van der Waals surface area (Å²) in [5.74, 6) is 1.68. The van der Waals surface area contributed by atoms with Gasteiger partial charge in [-0.2, -0.15) is 0 Å². The topological polar surface area (TPSA) is 35.5 Å². The van der Waals surface area contributed by atoms with Crippen LogP contribution in [0.4, 0.5) is 0 Å². The minimum absolute atomic E-state index is 0.542. The number of aldehydes is 1. The van der Waals surface area contributed by atoms with Crippen LogP contribution in [0.5, 0.6) is 11.5 Å². The summed E-state index contributed by atoms with van der Waals surface area (Å²) in [6.07, 6.45) is 5.23. The highest BCUT2D eigenvalue weighted by Crippen LogP contribution is 2.26. The zero-order valence-electron chi connectivity index (χ0n) is 14.3. The molecule has 2 aromatic carbocycles. The van der Waals surface area contributed by atoms with Crippen LogP contribution in [0.25, 0.3) is 0 Å². The summed E-state index contributed by atoms with van der Waals surface area (Å²) in [6.45, 7) is 2.59. The molecular formula is C21H24O3. The number of allylic oxidation sites excluding steroid dienone is 2. The summed E-state index contributed by atoms with van der Waals surface area (Å²) in [7, 11) is 1.67. The quantitative estimate of drug-likeness (QED) is 0.493. The van der Waals surface area contributed by atoms with Crippen LogP contribution in [0.1, 0.15) is 30.9 Å². The van der Waals surface area contributed by atoms with Crippen molar-refractivity contribution >= 4 is 6.29 Å². The standard InChI is InChI=1S/C21H24O3/c1-17(7-6-14-22)10-11-19-15-20(12-13-21(19)23-2)24-16-18-8-4-3-5-9-18/h3-5,8-10,12-15H,6-7,11,16H2,1-2H3/b17-10+. The molecule has 24 heavy (non-hydrogen) atoms. The van der Waals surface area contributed by atoms with Crippen LogP contribution in [-0.4, -0.2) is 13.4 Å². The molecule has 0 saturated carbocycles. The summed E-state index contributed by atoms with van der Waals surface area (Å²) in [5.41, 5.74) is 3.42. The molecule has 0 aliphatic rings. The second-order valence-corrected chi connectivity index (χ2v) is 5.71. The van der Waals surface area contributed by atoms with Gasteiger partial charge in [0.25, 0.3) is 0 Å². The van der Waals surface area contributed by atoms with Crippen LogP contribution in [0, 0.1) is 0 Å². The van der Waals surface area contributed by atoms with Gasteiger partial charge in [-0.1, -0.05) is 42.0 Å². The van der Waals surface area contributed by atoms with Gasteiger partial charge in [0.1, 0.15) is 24.4 Å². The maximum atomic E-state index is 10.5. The van der Waals surface area contributed by atoms with Gasteiger partial charge in [-0.25, -0.2) is 0 Å². The first-order valence-electron chi connectivity index (χ1n) is 8.16. The van der Waals surface area contributed by atoms with Crippen LogP contribution in [0.2, 0.25) is 0 Å². The molecule has 0 aliphatic carbocycles. The highest BCUT2D eigenvalue weighted by molar-refractivity contribution is 5.49. The Morgan fingerprint density at radius 2 is 1.92 bits per heavy atom. The number of methoxy groups -OCH3 is 1. The predicted octanol–water partition coefficient (Wildman–Crippen LogP) is 4.74. The number of rotatable bonds is 9. The van der Waals surface area contributed by atoms with E-state index in [0.717, 1.165) is 41.8 Å². The van der Waals surface area contributed by atoms with Crippen molar-refractivity contribution in [2.24, 2.45) is 0 Å². The molecule has 2 rings (SSSR count). The summed E-state index contributed by atoms with van der Waals surface area (Å²) in [5, 5.41) is 0. The molecule has 0 spiro atoms. The Balaban J connectivity index is 2.05. The Labute approximate surface area is 143 Å². The Kier molecular flexibility index (Phi) is 7.09. The van der Waals surface area contributed by atoms with E-state index in [-0.39, 0.29) is 0 Å². The van der Waals surface area contributed by atoms with E-state index in [0.29, 0.717) is 13.0 Å². The summed E-state index contributed by atoms with van der Waals surface area (Å²) in [6, 6.07) is 16.0. The van der Waals surface area contributed by atoms with Gasteiger partial charge in [0.05, 0.1) is 7.11 Å². The molecule has 0 saturated heterocycles. The third-order valence-electron chi connectivity index (χ3n) is 3.83. The Bertz CT molecular complexity index is 675. The highest BCUT2D eigenvalue weighted by Gasteiger charge is 2.05. The van der Waals surface area contributed by atoms with Crippen molar-refractivity contribution < 1.29 is 14.3 Å². The average Bonchev–Trinajstić information content (AvgIpc) is 2.63. The first kappa shape index (κ1) is 17.8. The molecule has 2 aromatic rings. The minimum Gasteiger partial charge on any atom is -0.496 e. The largest absolute Gasteiger partial charge is 0.496 e. The van der Waals surface area contributed by atoms with Gasteiger partial charge in [0.15, 0.2) is 0 Å². The molecule has 0 bridgehead atoms. The van der Waals surface area contributed by atoms with Crippen LogP contribution in [-0.2, 0) is 17.8 Å². The first-order valence-corrected chi connectivity index (χ1v) is 8.16. The van der Waals surface area contributed by atoms with Gasteiger partial charge in [0, 0.05) is 12.0 Å². The molecule has 0 radical (unpaired) electrons. The van der Waals surface area contributed by atoms with Crippen LogP contribution in [0.15, 0.2) is 60.2 Å². The fourth-order valence-electron chi connectivity index (χ4n) is 2.42. The van der Waals surface area contributed by atoms with Crippen molar-refractivity contribution in [3.05, 3.63) is 71.3 Å². The Morgan fingerprint density at radius 3 is 2.62 bits per heavy atom. The molecule has 0 atom stereocenters. The molecule has 0 heterocycles. The van der Waals surface area contributed by atoms with Crippen LogP contribution in [0.3, 0.4) is 0 Å². The number of carbonyl (C=O) groups is 1. The first-order chi connectivity index (χ1) is 11.7. The molecule has 0 unspecified atom stereocenters. The number of benzene rings is 2. The smallest absolute Gasteiger partial charge is 0.122 e. The molecule has 0 fully saturated rings. The third-order valence-corrected chi connectivity index (χ3v) is 3.83. The van der Waals surface area contributed by atoms with Crippen molar-refractivity contribution in [2.45, 2.75) is 32.8 Å². The average molecular weight is 324 g/mol. The predicted molar refractivity (Wildman–Crippen MR) is 96.5 cm³/mol. The van der Waals surface area contributed by atoms with E-state index in [1.807, 2.05) is 55.5 Å². The maximum absolute atomic E-state index is 10.5. The summed E-state index contributed by atoms with van der Waals surface area (Å²) in [4.78, 5) is 10.5. The van der Waals surface area contributed by atoms with Gasteiger partial charge in [0.2, 0.25) is 0 Å². The van der Waals surface area contributed by atoms with E-state index in [2.05, 4.69) is 6.08 Å². The fraction of sp³-hybridized carbons (Fsp3) is 0.286. The summed E-state index contributed by atoms with van der Waals surface area (Å²) >= 11 is 0. The van der Waals surface area contributed by atoms with Gasteiger partial charge in [-0.05, 0) is 43.5 Å². The van der Waals surface area contributed by atoms with E-state index in [4.69, 9.17) is 9.47 Å². The second kappa shape index (κ2) is 9.56. The zero-order valence-corrected chi connectivity index (χ0v) is 14.3. The molecule has 126 valence electrons. The van der Waals surface area contributed by atoms with E-state index in [1.165, 1.54) is 5.57 Å². The molecule has 0 aromatic heterocycles. The van der Waals surface area contributed by atoms with Gasteiger partial charge >= 0.3 is 0 Å². The van der Waals surface area contributed by atoms with Crippen LogP contribution >= 0.6 is 0 Å². The second-order valence-electron chi connectivity index (χ2n) is 5.71. The maximum Gasteiger partial charge on any atom is 0.122 e. The number of hydrogen-bond acceptors (Lipinski definition) is 3. The molecule has 3 nitrogen and oxygen atoms in total. The van der Waals surface area contributed by atoms with Gasteiger partial charge in [-0.3, -0.25) is 0 Å². The van der Waals surface area contributed by atoms with Gasteiger partial charge in [-0.15, -0.1) is 0 Å². The van der Waals surface area contributed by atoms with Crippen molar-refractivity contribution in [2.75, 3.05) is 7.11 Å². The molecular weight excluding hydrogens is 300 g/mol. The number of ether oxygens (including phenoxy) is 2. The number of hydrogen-bond donors (Lipinski definition) is 0. The third kappa shape index (κ3) is 5.58. The van der Waals surface area contributed by atoms with Crippen molar-refractivity contribution in [1.29, 1.82) is 0 Å². The number of carbonyl (C=O) groups excluding carboxylic acids is 1. The lowest BCUT2D eigenvalue weighted by molar-refractivity contribution is -0.107. The van der Waals surface area contributed by atoms with E-state index in [1.54, 1.807) is 7.11 Å². The lowest BCUT2D eigenvalue weighted by atomic mass is 10.1. The highest BCUT2D eigenvalue weighted by atomic mass is 16.5. The molecule has 3 heteroatoms. The Morgan fingerprint density at radius 1 is 1.12 bits per heavy atom. The van der Waals surface area contributed by atoms with E-state index >= 15 is 0 Å². The lowest BCUT2D eigenvalue weighted by Crippen LogP contribution is -1.97.